The normalized spacial score (nSPS) is 19.9. The summed E-state index contributed by atoms with van der Waals surface area (Å²) < 4.78 is 0. The van der Waals surface area contributed by atoms with E-state index in [0.29, 0.717) is 6.54 Å². The minimum Gasteiger partial charge on any atom is -0.391 e. The van der Waals surface area contributed by atoms with Crippen LogP contribution in [-0.2, 0) is 6.42 Å². The Bertz CT molecular complexity index is 373. The largest absolute Gasteiger partial charge is 0.391 e. The first-order valence-electron chi connectivity index (χ1n) is 5.32. The van der Waals surface area contributed by atoms with Gasteiger partial charge >= 0.3 is 0 Å². The van der Waals surface area contributed by atoms with E-state index in [2.05, 4.69) is 23.6 Å². The molecule has 0 amide bonds. The first kappa shape index (κ1) is 10.2. The van der Waals surface area contributed by atoms with Gasteiger partial charge in [0.2, 0.25) is 0 Å². The Morgan fingerprint density at radius 1 is 1.53 bits per heavy atom. The summed E-state index contributed by atoms with van der Waals surface area (Å²) in [6.45, 7) is 7.48. The number of benzene rings is 1. The molecule has 1 atom stereocenters. The Kier molecular flexibility index (Phi) is 2.78. The second-order valence-corrected chi connectivity index (χ2v) is 4.32. The van der Waals surface area contributed by atoms with Gasteiger partial charge in [-0.2, -0.15) is 0 Å². The molecule has 2 heteroatoms. The van der Waals surface area contributed by atoms with Gasteiger partial charge in [-0.25, -0.2) is 0 Å². The summed E-state index contributed by atoms with van der Waals surface area (Å²) >= 11 is 0. The van der Waals surface area contributed by atoms with Crippen molar-refractivity contribution in [1.29, 1.82) is 0 Å². The summed E-state index contributed by atoms with van der Waals surface area (Å²) in [5.74, 6) is 0. The summed E-state index contributed by atoms with van der Waals surface area (Å²) in [6.07, 6.45) is 0.516. The third-order valence-electron chi connectivity index (χ3n) is 2.68. The van der Waals surface area contributed by atoms with Crippen molar-refractivity contribution < 1.29 is 5.11 Å². The zero-order valence-electron chi connectivity index (χ0n) is 9.11. The zero-order valence-corrected chi connectivity index (χ0v) is 9.11. The van der Waals surface area contributed by atoms with Gasteiger partial charge in [0.15, 0.2) is 0 Å². The average Bonchev–Trinajstić information content (AvgIpc) is 2.16. The molecule has 1 aliphatic rings. The Balaban J connectivity index is 2.29. The van der Waals surface area contributed by atoms with Crippen LogP contribution in [0.3, 0.4) is 0 Å². The van der Waals surface area contributed by atoms with Crippen LogP contribution in [0.5, 0.6) is 0 Å². The summed E-state index contributed by atoms with van der Waals surface area (Å²) in [6, 6.07) is 8.27. The number of nitrogens with zero attached hydrogens (tertiary/aromatic N) is 1. The first-order chi connectivity index (χ1) is 7.16. The molecule has 1 heterocycles. The zero-order chi connectivity index (χ0) is 10.8. The lowest BCUT2D eigenvalue weighted by Gasteiger charge is -2.34. The van der Waals surface area contributed by atoms with E-state index in [9.17, 15) is 5.11 Å². The number of fused-ring (bicyclic) bond motifs is 1. The van der Waals surface area contributed by atoms with Crippen LogP contribution >= 0.6 is 0 Å². The minimum absolute atomic E-state index is 0.251. The summed E-state index contributed by atoms with van der Waals surface area (Å²) in [4.78, 5) is 2.20. The van der Waals surface area contributed by atoms with Gasteiger partial charge in [-0.3, -0.25) is 0 Å². The van der Waals surface area contributed by atoms with Crippen LogP contribution in [0.2, 0.25) is 0 Å². The maximum Gasteiger partial charge on any atom is 0.0756 e. The van der Waals surface area contributed by atoms with Gasteiger partial charge in [0.1, 0.15) is 0 Å². The van der Waals surface area contributed by atoms with Crippen molar-refractivity contribution in [3.63, 3.8) is 0 Å². The molecule has 0 unspecified atom stereocenters. The molecule has 0 aliphatic carbocycles. The van der Waals surface area contributed by atoms with Crippen molar-refractivity contribution in [2.75, 3.05) is 18.0 Å². The van der Waals surface area contributed by atoms with E-state index in [0.717, 1.165) is 18.5 Å². The molecule has 0 saturated carbocycles. The summed E-state index contributed by atoms with van der Waals surface area (Å²) in [5.41, 5.74) is 3.60. The minimum atomic E-state index is -0.251. The smallest absolute Gasteiger partial charge is 0.0756 e. The predicted octanol–water partition coefficient (Wildman–Crippen LogP) is 1.99. The molecular formula is C13H17NO. The molecular weight excluding hydrogens is 186 g/mol. The fourth-order valence-electron chi connectivity index (χ4n) is 2.14. The standard InChI is InChI=1S/C13H17NO/c1-10(2)8-14-9-12(15)7-11-5-3-4-6-13(11)14/h3-6,12,15H,1,7-9H2,2H3/t12-/m0/s1. The van der Waals surface area contributed by atoms with Gasteiger partial charge in [-0.15, -0.1) is 0 Å². The molecule has 80 valence electrons. The maximum absolute atomic E-state index is 9.77. The van der Waals surface area contributed by atoms with Crippen molar-refractivity contribution in [1.82, 2.24) is 0 Å². The van der Waals surface area contributed by atoms with Gasteiger partial charge in [-0.05, 0) is 18.6 Å². The number of anilines is 1. The molecule has 1 aliphatic heterocycles. The van der Waals surface area contributed by atoms with E-state index < -0.39 is 0 Å². The molecule has 0 radical (unpaired) electrons. The van der Waals surface area contributed by atoms with E-state index in [4.69, 9.17) is 0 Å². The highest BCUT2D eigenvalue weighted by atomic mass is 16.3. The molecule has 1 aromatic rings. The Labute approximate surface area is 90.8 Å². The Morgan fingerprint density at radius 2 is 2.27 bits per heavy atom. The fraction of sp³-hybridized carbons (Fsp3) is 0.385. The predicted molar refractivity (Wildman–Crippen MR) is 63.2 cm³/mol. The number of β-amino-alcohol motifs (C(OH)–C–C–N with tert-alkyl or cyclic N) is 1. The molecule has 0 bridgehead atoms. The van der Waals surface area contributed by atoms with Crippen molar-refractivity contribution in [2.45, 2.75) is 19.4 Å². The van der Waals surface area contributed by atoms with Gasteiger partial charge in [0.25, 0.3) is 0 Å². The lowest BCUT2D eigenvalue weighted by molar-refractivity contribution is 0.176. The van der Waals surface area contributed by atoms with E-state index >= 15 is 0 Å². The van der Waals surface area contributed by atoms with E-state index in [1.165, 1.54) is 11.3 Å². The van der Waals surface area contributed by atoms with E-state index in [1.54, 1.807) is 0 Å². The third-order valence-corrected chi connectivity index (χ3v) is 2.68. The summed E-state index contributed by atoms with van der Waals surface area (Å²) in [5, 5.41) is 9.77. The highest BCUT2D eigenvalue weighted by Gasteiger charge is 2.21. The Morgan fingerprint density at radius 3 is 3.00 bits per heavy atom. The number of hydrogen-bond acceptors (Lipinski definition) is 2. The van der Waals surface area contributed by atoms with E-state index in [1.807, 2.05) is 19.1 Å². The van der Waals surface area contributed by atoms with Crippen LogP contribution in [0, 0.1) is 0 Å². The first-order valence-corrected chi connectivity index (χ1v) is 5.32. The molecule has 1 aromatic carbocycles. The molecule has 0 spiro atoms. The molecule has 2 nitrogen and oxygen atoms in total. The van der Waals surface area contributed by atoms with Gasteiger partial charge in [0.05, 0.1) is 6.10 Å². The topological polar surface area (TPSA) is 23.5 Å². The molecule has 2 rings (SSSR count). The van der Waals surface area contributed by atoms with Crippen LogP contribution in [-0.4, -0.2) is 24.3 Å². The van der Waals surface area contributed by atoms with Crippen molar-refractivity contribution in [2.24, 2.45) is 0 Å². The third kappa shape index (κ3) is 2.21. The molecule has 0 fully saturated rings. The summed E-state index contributed by atoms with van der Waals surface area (Å²) in [7, 11) is 0. The monoisotopic (exact) mass is 203 g/mol. The van der Waals surface area contributed by atoms with Crippen LogP contribution in [0.25, 0.3) is 0 Å². The van der Waals surface area contributed by atoms with Crippen LogP contribution in [0.4, 0.5) is 5.69 Å². The van der Waals surface area contributed by atoms with Crippen molar-refractivity contribution >= 4 is 5.69 Å². The number of aliphatic hydroxyl groups is 1. The molecule has 0 aromatic heterocycles. The highest BCUT2D eigenvalue weighted by molar-refractivity contribution is 5.56. The van der Waals surface area contributed by atoms with Crippen LogP contribution in [0.1, 0.15) is 12.5 Å². The second kappa shape index (κ2) is 4.07. The number of rotatable bonds is 2. The molecule has 15 heavy (non-hydrogen) atoms. The number of aliphatic hydroxyl groups excluding tert-OH is 1. The van der Waals surface area contributed by atoms with Crippen molar-refractivity contribution in [3.8, 4) is 0 Å². The van der Waals surface area contributed by atoms with Crippen molar-refractivity contribution in [3.05, 3.63) is 42.0 Å². The maximum atomic E-state index is 9.77. The molecule has 0 saturated heterocycles. The van der Waals surface area contributed by atoms with Crippen LogP contribution in [0.15, 0.2) is 36.4 Å². The average molecular weight is 203 g/mol. The number of para-hydroxylation sites is 1. The second-order valence-electron chi connectivity index (χ2n) is 4.32. The van der Waals surface area contributed by atoms with E-state index in [-0.39, 0.29) is 6.10 Å². The van der Waals surface area contributed by atoms with Gasteiger partial charge in [-0.1, -0.05) is 30.4 Å². The lowest BCUT2D eigenvalue weighted by Crippen LogP contribution is -2.39. The molecule has 1 N–H and O–H groups in total. The van der Waals surface area contributed by atoms with Crippen LogP contribution < -0.4 is 4.90 Å². The van der Waals surface area contributed by atoms with Gasteiger partial charge in [0, 0.05) is 25.2 Å². The Hall–Kier alpha value is -1.28. The SMILES string of the molecule is C=C(C)CN1C[C@@H](O)Cc2ccccc21. The van der Waals surface area contributed by atoms with Gasteiger partial charge < -0.3 is 10.0 Å². The number of hydrogen-bond donors (Lipinski definition) is 1. The lowest BCUT2D eigenvalue weighted by atomic mass is 9.99. The highest BCUT2D eigenvalue weighted by Crippen LogP contribution is 2.27. The quantitative estimate of drug-likeness (QED) is 0.743. The fourth-order valence-corrected chi connectivity index (χ4v) is 2.14.